The number of nitrogen functional groups attached to an aromatic ring is 1. The van der Waals surface area contributed by atoms with Crippen LogP contribution in [0.4, 0.5) is 5.82 Å². The van der Waals surface area contributed by atoms with E-state index in [4.69, 9.17) is 25.4 Å². The van der Waals surface area contributed by atoms with Gasteiger partial charge in [0.15, 0.2) is 0 Å². The third-order valence-electron chi connectivity index (χ3n) is 3.38. The summed E-state index contributed by atoms with van der Waals surface area (Å²) < 4.78 is 11.6. The molecule has 0 bridgehead atoms. The molecule has 140 valence electrons. The fraction of sp³-hybridized carbons (Fsp3) is 0.312. The lowest BCUT2D eigenvalue weighted by Crippen LogP contribution is -2.28. The maximum absolute atomic E-state index is 11.4. The van der Waals surface area contributed by atoms with Crippen molar-refractivity contribution in [1.82, 2.24) is 9.55 Å². The molecule has 0 saturated carbocycles. The monoisotopic (exact) mass is 381 g/mol. The molecule has 1 aromatic carbocycles. The number of carbonyl (C=O) groups is 1. The summed E-state index contributed by atoms with van der Waals surface area (Å²) in [5.74, 6) is 0.236. The van der Waals surface area contributed by atoms with E-state index in [0.29, 0.717) is 11.5 Å². The van der Waals surface area contributed by atoms with E-state index in [1.54, 1.807) is 30.5 Å². The van der Waals surface area contributed by atoms with Crippen molar-refractivity contribution in [3.8, 4) is 5.75 Å². The van der Waals surface area contributed by atoms with E-state index in [0.717, 1.165) is 0 Å². The van der Waals surface area contributed by atoms with Crippen molar-refractivity contribution >= 4 is 23.5 Å². The van der Waals surface area contributed by atoms with Gasteiger partial charge in [0.2, 0.25) is 0 Å². The van der Waals surface area contributed by atoms with Gasteiger partial charge in [0.25, 0.3) is 0 Å². The average molecular weight is 381 g/mol. The number of para-hydroxylation sites is 1. The highest BCUT2D eigenvalue weighted by atomic mass is 32.2. The Hall–Kier alpha value is -2.56. The molecule has 0 spiro atoms. The topological polar surface area (TPSA) is 137 Å². The number of aromatic nitrogens is 2. The first-order valence-electron chi connectivity index (χ1n) is 7.55. The number of hydrogen-bond donors (Lipinski definition) is 3. The number of nitrogens with two attached hydrogens (primary N) is 1. The van der Waals surface area contributed by atoms with Crippen LogP contribution in [0, 0.1) is 0 Å². The number of nitrogens with zero attached hydrogens (tertiary/aromatic N) is 2. The molecule has 4 N–H and O–H groups in total. The van der Waals surface area contributed by atoms with Crippen LogP contribution >= 0.6 is 11.8 Å². The molecule has 2 aromatic rings. The van der Waals surface area contributed by atoms with E-state index in [-0.39, 0.29) is 29.7 Å². The van der Waals surface area contributed by atoms with Crippen LogP contribution in [0.5, 0.6) is 5.75 Å². The lowest BCUT2D eigenvalue weighted by atomic mass is 10.2. The number of aliphatic hydroxyl groups excluding tert-OH is 1. The summed E-state index contributed by atoms with van der Waals surface area (Å²) >= 11 is 1.47. The Balaban J connectivity index is 0.000000197. The number of carboxylic acid groups (broad SMARTS) is 1. The molecule has 0 amide bonds. The van der Waals surface area contributed by atoms with E-state index in [1.165, 1.54) is 29.5 Å². The molecule has 1 saturated heterocycles. The predicted octanol–water partition coefficient (Wildman–Crippen LogP) is 0.799. The standard InChI is InChI=1S/C8H11N3O3S.C8H8O3/c9-5-1-2-11(8(13)10-5)6-4-15-7(3-12)14-6;1-11-7-5-3-2-4-6(7)8(9)10/h1-2,6-7,12H,3-4H2,(H2,9,10,13);2-5H,1H3,(H,9,10)/t6-,7+;/m1./s1. The number of rotatable bonds is 4. The molecule has 1 aliphatic rings. The summed E-state index contributed by atoms with van der Waals surface area (Å²) in [7, 11) is 1.45. The van der Waals surface area contributed by atoms with Crippen LogP contribution in [0.1, 0.15) is 16.6 Å². The van der Waals surface area contributed by atoms with E-state index in [1.807, 2.05) is 0 Å². The zero-order chi connectivity index (χ0) is 19.1. The number of methoxy groups -OCH3 is 1. The lowest BCUT2D eigenvalue weighted by Gasteiger charge is -2.13. The summed E-state index contributed by atoms with van der Waals surface area (Å²) in [6.45, 7) is -0.0572. The minimum absolute atomic E-state index is 0.0572. The van der Waals surface area contributed by atoms with Crippen LogP contribution in [0.2, 0.25) is 0 Å². The molecular weight excluding hydrogens is 362 g/mol. The molecule has 1 aromatic heterocycles. The highest BCUT2D eigenvalue weighted by molar-refractivity contribution is 8.00. The van der Waals surface area contributed by atoms with Gasteiger partial charge in [-0.15, -0.1) is 11.8 Å². The first-order chi connectivity index (χ1) is 12.5. The van der Waals surface area contributed by atoms with Gasteiger partial charge in [-0.3, -0.25) is 4.57 Å². The van der Waals surface area contributed by atoms with Crippen molar-refractivity contribution in [1.29, 1.82) is 0 Å². The average Bonchev–Trinajstić information content (AvgIpc) is 3.11. The van der Waals surface area contributed by atoms with Gasteiger partial charge >= 0.3 is 11.7 Å². The largest absolute Gasteiger partial charge is 0.496 e. The fourth-order valence-electron chi connectivity index (χ4n) is 2.15. The normalized spacial score (nSPS) is 18.7. The summed E-state index contributed by atoms with van der Waals surface area (Å²) in [4.78, 5) is 25.5. The Morgan fingerprint density at radius 1 is 1.46 bits per heavy atom. The molecule has 0 aliphatic carbocycles. The first kappa shape index (κ1) is 19.8. The van der Waals surface area contributed by atoms with Crippen LogP contribution in [0.3, 0.4) is 0 Å². The fourth-order valence-corrected chi connectivity index (χ4v) is 3.08. The van der Waals surface area contributed by atoms with Crippen LogP contribution in [-0.4, -0.2) is 50.6 Å². The smallest absolute Gasteiger partial charge is 0.351 e. The number of thioether (sulfide) groups is 1. The Morgan fingerprint density at radius 2 is 2.19 bits per heavy atom. The maximum atomic E-state index is 11.4. The first-order valence-corrected chi connectivity index (χ1v) is 8.60. The number of aromatic carboxylic acids is 1. The van der Waals surface area contributed by atoms with Gasteiger partial charge in [-0.2, -0.15) is 4.98 Å². The number of ether oxygens (including phenoxy) is 2. The van der Waals surface area contributed by atoms with Gasteiger partial charge in [0.1, 0.15) is 28.8 Å². The number of benzene rings is 1. The number of aliphatic hydroxyl groups is 1. The molecule has 0 unspecified atom stereocenters. The third kappa shape index (κ3) is 4.97. The zero-order valence-corrected chi connectivity index (χ0v) is 14.8. The van der Waals surface area contributed by atoms with E-state index in [2.05, 4.69) is 4.98 Å². The molecule has 0 radical (unpaired) electrons. The Bertz CT molecular complexity index is 813. The molecule has 26 heavy (non-hydrogen) atoms. The number of anilines is 1. The van der Waals surface area contributed by atoms with Gasteiger partial charge in [-0.05, 0) is 18.2 Å². The third-order valence-corrected chi connectivity index (χ3v) is 4.49. The van der Waals surface area contributed by atoms with Crippen molar-refractivity contribution in [2.24, 2.45) is 0 Å². The molecule has 9 nitrogen and oxygen atoms in total. The molecule has 1 fully saturated rings. The van der Waals surface area contributed by atoms with E-state index < -0.39 is 11.7 Å². The summed E-state index contributed by atoms with van der Waals surface area (Å²) in [6.07, 6.45) is 1.18. The zero-order valence-electron chi connectivity index (χ0n) is 13.9. The minimum Gasteiger partial charge on any atom is -0.496 e. The van der Waals surface area contributed by atoms with Crippen LogP contribution in [0.15, 0.2) is 41.3 Å². The second-order valence-corrected chi connectivity index (χ2v) is 6.28. The minimum atomic E-state index is -0.970. The van der Waals surface area contributed by atoms with Gasteiger partial charge in [-0.25, -0.2) is 9.59 Å². The summed E-state index contributed by atoms with van der Waals surface area (Å²) in [5, 5.41) is 17.5. The quantitative estimate of drug-likeness (QED) is 0.702. The highest BCUT2D eigenvalue weighted by Crippen LogP contribution is 2.30. The lowest BCUT2D eigenvalue weighted by molar-refractivity contribution is -0.00629. The highest BCUT2D eigenvalue weighted by Gasteiger charge is 2.27. The van der Waals surface area contributed by atoms with Crippen molar-refractivity contribution in [2.75, 3.05) is 25.2 Å². The summed E-state index contributed by atoms with van der Waals surface area (Å²) in [5.41, 5.74) is 4.86. The van der Waals surface area contributed by atoms with Gasteiger partial charge in [0, 0.05) is 11.9 Å². The summed E-state index contributed by atoms with van der Waals surface area (Å²) in [6, 6.07) is 8.05. The van der Waals surface area contributed by atoms with Gasteiger partial charge < -0.3 is 25.4 Å². The molecule has 2 heterocycles. The molecular formula is C16H19N3O6S. The van der Waals surface area contributed by atoms with E-state index in [9.17, 15) is 9.59 Å². The Morgan fingerprint density at radius 3 is 2.73 bits per heavy atom. The number of hydrogen-bond acceptors (Lipinski definition) is 8. The van der Waals surface area contributed by atoms with Crippen molar-refractivity contribution in [3.63, 3.8) is 0 Å². The predicted molar refractivity (Wildman–Crippen MR) is 96.3 cm³/mol. The Kier molecular flexibility index (Phi) is 7.01. The van der Waals surface area contributed by atoms with Crippen molar-refractivity contribution < 1.29 is 24.5 Å². The second kappa shape index (κ2) is 9.22. The van der Waals surface area contributed by atoms with E-state index >= 15 is 0 Å². The SMILES string of the molecule is COc1ccccc1C(=O)O.Nc1ccn([C@H]2CS[C@@H](CO)O2)c(=O)n1. The molecule has 2 atom stereocenters. The molecule has 3 rings (SSSR count). The second-order valence-electron chi connectivity index (χ2n) is 5.08. The molecule has 10 heteroatoms. The molecule has 1 aliphatic heterocycles. The van der Waals surface area contributed by atoms with Crippen molar-refractivity contribution in [3.05, 3.63) is 52.6 Å². The van der Waals surface area contributed by atoms with Crippen LogP contribution in [-0.2, 0) is 4.74 Å². The van der Waals surface area contributed by atoms with Crippen LogP contribution < -0.4 is 16.2 Å². The van der Waals surface area contributed by atoms with Crippen LogP contribution in [0.25, 0.3) is 0 Å². The maximum Gasteiger partial charge on any atom is 0.351 e. The van der Waals surface area contributed by atoms with Gasteiger partial charge in [-0.1, -0.05) is 12.1 Å². The Labute approximate surface area is 153 Å². The van der Waals surface area contributed by atoms with Crippen molar-refractivity contribution in [2.45, 2.75) is 11.7 Å². The number of carboxylic acids is 1. The van der Waals surface area contributed by atoms with Gasteiger partial charge in [0.05, 0.1) is 13.7 Å².